The summed E-state index contributed by atoms with van der Waals surface area (Å²) < 4.78 is 7.01. The molecule has 196 valence electrons. The number of carbonyl (C=O) groups is 2. The van der Waals surface area contributed by atoms with Crippen molar-refractivity contribution in [2.24, 2.45) is 0 Å². The maximum Gasteiger partial charge on any atom is 0.249 e. The van der Waals surface area contributed by atoms with E-state index in [1.165, 1.54) is 4.90 Å². The molecule has 0 bridgehead atoms. The fourth-order valence-corrected chi connectivity index (χ4v) is 4.61. The molecule has 5 rings (SSSR count). The number of aromatic nitrogens is 3. The Kier molecular flexibility index (Phi) is 7.63. The number of para-hydroxylation sites is 1. The Morgan fingerprint density at radius 2 is 1.67 bits per heavy atom. The monoisotopic (exact) mass is 519 g/mol. The fraction of sp³-hybridized carbons (Fsp3) is 0.161. The highest BCUT2D eigenvalue weighted by atomic mass is 16.5. The Morgan fingerprint density at radius 1 is 0.923 bits per heavy atom. The molecule has 8 nitrogen and oxygen atoms in total. The van der Waals surface area contributed by atoms with Gasteiger partial charge in [-0.15, -0.1) is 5.10 Å². The molecular formula is C31H29N5O3. The van der Waals surface area contributed by atoms with E-state index in [4.69, 9.17) is 4.74 Å². The molecule has 0 aliphatic carbocycles. The van der Waals surface area contributed by atoms with Crippen molar-refractivity contribution in [1.29, 1.82) is 0 Å². The average Bonchev–Trinajstić information content (AvgIpc) is 3.38. The number of nitrogens with one attached hydrogen (secondary N) is 1. The number of benzene rings is 4. The molecule has 0 radical (unpaired) electrons. The van der Waals surface area contributed by atoms with Crippen molar-refractivity contribution < 1.29 is 14.3 Å². The van der Waals surface area contributed by atoms with Gasteiger partial charge in [-0.3, -0.25) is 14.5 Å². The number of fused-ring (bicyclic) bond motifs is 1. The van der Waals surface area contributed by atoms with Gasteiger partial charge in [-0.2, -0.15) is 0 Å². The molecule has 0 spiro atoms. The molecule has 0 aliphatic rings. The van der Waals surface area contributed by atoms with Crippen molar-refractivity contribution in [3.05, 3.63) is 120 Å². The van der Waals surface area contributed by atoms with Crippen molar-refractivity contribution >= 4 is 28.5 Å². The molecule has 0 saturated carbocycles. The van der Waals surface area contributed by atoms with Crippen LogP contribution in [0.1, 0.15) is 22.7 Å². The van der Waals surface area contributed by atoms with Gasteiger partial charge < -0.3 is 10.1 Å². The highest BCUT2D eigenvalue weighted by molar-refractivity contribution is 6.01. The van der Waals surface area contributed by atoms with Crippen LogP contribution in [0.4, 0.5) is 5.69 Å². The minimum atomic E-state index is -0.940. The number of rotatable bonds is 9. The van der Waals surface area contributed by atoms with E-state index in [1.54, 1.807) is 36.1 Å². The van der Waals surface area contributed by atoms with Crippen molar-refractivity contribution in [3.8, 4) is 5.75 Å². The molecule has 0 fully saturated rings. The molecule has 0 aliphatic heterocycles. The van der Waals surface area contributed by atoms with Gasteiger partial charge in [0.15, 0.2) is 0 Å². The number of hydrogen-bond donors (Lipinski definition) is 1. The van der Waals surface area contributed by atoms with Gasteiger partial charge in [0.1, 0.15) is 23.9 Å². The first-order valence-electron chi connectivity index (χ1n) is 12.7. The summed E-state index contributed by atoms with van der Waals surface area (Å²) in [4.78, 5) is 29.7. The van der Waals surface area contributed by atoms with E-state index in [2.05, 4.69) is 15.6 Å². The van der Waals surface area contributed by atoms with Crippen LogP contribution in [0.15, 0.2) is 103 Å². The van der Waals surface area contributed by atoms with Crippen molar-refractivity contribution in [3.63, 3.8) is 0 Å². The van der Waals surface area contributed by atoms with Gasteiger partial charge >= 0.3 is 0 Å². The zero-order chi connectivity index (χ0) is 27.2. The van der Waals surface area contributed by atoms with E-state index >= 15 is 0 Å². The Balaban J connectivity index is 1.58. The highest BCUT2D eigenvalue weighted by Gasteiger charge is 2.34. The number of hydrogen-bond acceptors (Lipinski definition) is 5. The van der Waals surface area contributed by atoms with Crippen LogP contribution in [0.2, 0.25) is 0 Å². The van der Waals surface area contributed by atoms with Crippen LogP contribution in [0.25, 0.3) is 11.0 Å². The summed E-state index contributed by atoms with van der Waals surface area (Å²) in [6.45, 7) is 2.16. The quantitative estimate of drug-likeness (QED) is 0.301. The molecule has 0 unspecified atom stereocenters. The van der Waals surface area contributed by atoms with E-state index in [-0.39, 0.29) is 18.4 Å². The number of ether oxygens (including phenoxy) is 1. The first-order valence-corrected chi connectivity index (χ1v) is 12.7. The Morgan fingerprint density at radius 3 is 2.46 bits per heavy atom. The topological polar surface area (TPSA) is 89.3 Å². The molecule has 39 heavy (non-hydrogen) atoms. The molecular weight excluding hydrogens is 490 g/mol. The van der Waals surface area contributed by atoms with E-state index in [1.807, 2.05) is 85.8 Å². The fourth-order valence-electron chi connectivity index (χ4n) is 4.61. The van der Waals surface area contributed by atoms with Gasteiger partial charge in [0.05, 0.1) is 12.6 Å². The van der Waals surface area contributed by atoms with Crippen LogP contribution >= 0.6 is 0 Å². The predicted molar refractivity (Wildman–Crippen MR) is 150 cm³/mol. The highest BCUT2D eigenvalue weighted by Crippen LogP contribution is 2.32. The van der Waals surface area contributed by atoms with E-state index in [9.17, 15) is 9.59 Å². The lowest BCUT2D eigenvalue weighted by Crippen LogP contribution is -2.45. The van der Waals surface area contributed by atoms with E-state index in [0.29, 0.717) is 23.5 Å². The van der Waals surface area contributed by atoms with Crippen LogP contribution in [0.5, 0.6) is 5.75 Å². The van der Waals surface area contributed by atoms with E-state index < -0.39 is 6.04 Å². The molecule has 0 saturated heterocycles. The molecule has 2 amide bonds. The van der Waals surface area contributed by atoms with Crippen molar-refractivity contribution in [1.82, 2.24) is 20.3 Å². The van der Waals surface area contributed by atoms with Gasteiger partial charge in [-0.1, -0.05) is 78.0 Å². The predicted octanol–water partition coefficient (Wildman–Crippen LogP) is 4.84. The molecule has 1 N–H and O–H groups in total. The zero-order valence-corrected chi connectivity index (χ0v) is 21.8. The Bertz CT molecular complexity index is 1600. The number of nitrogens with zero attached hydrogens (tertiary/aromatic N) is 4. The number of anilines is 1. The normalized spacial score (nSPS) is 11.6. The summed E-state index contributed by atoms with van der Waals surface area (Å²) in [5, 5.41) is 11.4. The summed E-state index contributed by atoms with van der Waals surface area (Å²) >= 11 is 0. The number of aryl methyl sites for hydroxylation is 1. The number of amides is 2. The van der Waals surface area contributed by atoms with Crippen molar-refractivity contribution in [2.45, 2.75) is 26.1 Å². The molecule has 1 aromatic heterocycles. The zero-order valence-electron chi connectivity index (χ0n) is 21.8. The van der Waals surface area contributed by atoms with Crippen LogP contribution in [-0.4, -0.2) is 33.9 Å². The smallest absolute Gasteiger partial charge is 0.249 e. The van der Waals surface area contributed by atoms with Gasteiger partial charge in [-0.25, -0.2) is 4.68 Å². The summed E-state index contributed by atoms with van der Waals surface area (Å²) in [6, 6.07) is 31.0. The number of carbonyl (C=O) groups excluding carboxylic acids is 2. The second-order valence-corrected chi connectivity index (χ2v) is 9.16. The van der Waals surface area contributed by atoms with Crippen LogP contribution < -0.4 is 15.0 Å². The summed E-state index contributed by atoms with van der Waals surface area (Å²) in [5.74, 6) is -0.0421. The lowest BCUT2D eigenvalue weighted by atomic mass is 9.98. The summed E-state index contributed by atoms with van der Waals surface area (Å²) in [7, 11) is 1.57. The van der Waals surface area contributed by atoms with Crippen LogP contribution in [0, 0.1) is 6.92 Å². The summed E-state index contributed by atoms with van der Waals surface area (Å²) in [6.07, 6.45) is 0. The molecule has 4 aromatic carbocycles. The molecule has 1 heterocycles. The minimum absolute atomic E-state index is 0.105. The maximum absolute atomic E-state index is 14.2. The van der Waals surface area contributed by atoms with Gasteiger partial charge in [0.2, 0.25) is 11.8 Å². The third-order valence-corrected chi connectivity index (χ3v) is 6.60. The molecule has 5 aromatic rings. The second-order valence-electron chi connectivity index (χ2n) is 9.16. The minimum Gasteiger partial charge on any atom is -0.497 e. The maximum atomic E-state index is 14.2. The van der Waals surface area contributed by atoms with Gasteiger partial charge in [0, 0.05) is 18.3 Å². The lowest BCUT2D eigenvalue weighted by molar-refractivity contribution is -0.127. The molecule has 8 heteroatoms. The molecule has 1 atom stereocenters. The van der Waals surface area contributed by atoms with E-state index in [0.717, 1.165) is 22.2 Å². The second kappa shape index (κ2) is 11.6. The SMILES string of the molecule is COc1cccc(N(C(=O)Cn2nnc3ccccc32)[C@@H](C(=O)NCc2ccccc2)c2ccccc2C)c1. The van der Waals surface area contributed by atoms with Gasteiger partial charge in [-0.05, 0) is 47.9 Å². The standard InChI is InChI=1S/C31H29N5O3/c1-22-11-6-7-16-26(22)30(31(38)32-20-23-12-4-3-5-13-23)36(24-14-10-15-25(19-24)39-2)29(37)21-35-28-18-9-8-17-27(28)33-34-35/h3-19,30H,20-21H2,1-2H3,(H,32,38)/t30-/m1/s1. The summed E-state index contributed by atoms with van der Waals surface area (Å²) in [5.41, 5.74) is 4.54. The number of methoxy groups -OCH3 is 1. The average molecular weight is 520 g/mol. The Labute approximate surface area is 226 Å². The van der Waals surface area contributed by atoms with Crippen molar-refractivity contribution in [2.75, 3.05) is 12.0 Å². The first-order chi connectivity index (χ1) is 19.0. The third-order valence-electron chi connectivity index (χ3n) is 6.60. The van der Waals surface area contributed by atoms with Crippen LogP contribution in [0.3, 0.4) is 0 Å². The lowest BCUT2D eigenvalue weighted by Gasteiger charge is -2.32. The first kappa shape index (κ1) is 25.7. The van der Waals surface area contributed by atoms with Crippen LogP contribution in [-0.2, 0) is 22.7 Å². The third kappa shape index (κ3) is 5.65. The Hall–Kier alpha value is -4.98. The largest absolute Gasteiger partial charge is 0.497 e. The van der Waals surface area contributed by atoms with Gasteiger partial charge in [0.25, 0.3) is 0 Å².